The number of hydrogen-bond acceptors (Lipinski definition) is 3. The Morgan fingerprint density at radius 3 is 1.47 bits per heavy atom. The van der Waals surface area contributed by atoms with Crippen molar-refractivity contribution in [2.75, 3.05) is 13.2 Å². The average molecular weight is 569 g/mol. The van der Waals surface area contributed by atoms with E-state index in [1.807, 2.05) is 18.2 Å². The van der Waals surface area contributed by atoms with Crippen molar-refractivity contribution in [3.8, 4) is 0 Å². The normalized spacial score (nSPS) is 20.0. The zero-order valence-corrected chi connectivity index (χ0v) is 25.1. The highest BCUT2D eigenvalue weighted by atomic mass is 16.3. The Bertz CT molecular complexity index is 1700. The fraction of sp³-hybridized carbons (Fsp3) is 0.275. The fourth-order valence-corrected chi connectivity index (χ4v) is 7.53. The van der Waals surface area contributed by atoms with Crippen LogP contribution in [0.1, 0.15) is 63.1 Å². The molecule has 2 N–H and O–H groups in total. The molecule has 0 aliphatic heterocycles. The van der Waals surface area contributed by atoms with Gasteiger partial charge in [-0.1, -0.05) is 116 Å². The van der Waals surface area contributed by atoms with Gasteiger partial charge in [-0.25, -0.2) is 0 Å². The molecule has 0 amide bonds. The quantitative estimate of drug-likeness (QED) is 0.270. The lowest BCUT2D eigenvalue weighted by atomic mass is 9.76. The third kappa shape index (κ3) is 5.33. The lowest BCUT2D eigenvalue weighted by Gasteiger charge is -2.26. The first-order chi connectivity index (χ1) is 20.9. The molecule has 1 unspecified atom stereocenters. The largest absolute Gasteiger partial charge is 0.394 e. The van der Waals surface area contributed by atoms with Crippen LogP contribution in [-0.2, 0) is 32.1 Å². The fourth-order valence-electron chi connectivity index (χ4n) is 7.53. The zero-order chi connectivity index (χ0) is 30.0. The molecule has 4 aliphatic rings. The molecular weight excluding hydrogens is 528 g/mol. The summed E-state index contributed by atoms with van der Waals surface area (Å²) in [6.45, 7) is 4.28. The number of fused-ring (bicyclic) bond motifs is 4. The van der Waals surface area contributed by atoms with Crippen molar-refractivity contribution < 1.29 is 15.0 Å². The van der Waals surface area contributed by atoms with Crippen molar-refractivity contribution in [2.24, 2.45) is 10.8 Å². The van der Waals surface area contributed by atoms with Crippen LogP contribution in [0, 0.1) is 10.8 Å². The SMILES string of the molecule is CC1(C2=CCc3ccccc32)Cc2ccccc2C1.CC1(C2=CCc3ccccc32)Cc2ccccc2C1=O.OCCO. The van der Waals surface area contributed by atoms with Gasteiger partial charge in [0.05, 0.1) is 18.6 Å². The predicted octanol–water partition coefficient (Wildman–Crippen LogP) is 7.47. The molecule has 0 heterocycles. The van der Waals surface area contributed by atoms with Crippen molar-refractivity contribution >= 4 is 16.9 Å². The summed E-state index contributed by atoms with van der Waals surface area (Å²) in [4.78, 5) is 12.9. The van der Waals surface area contributed by atoms with E-state index < -0.39 is 5.41 Å². The summed E-state index contributed by atoms with van der Waals surface area (Å²) in [6.07, 6.45) is 9.95. The Morgan fingerprint density at radius 2 is 0.953 bits per heavy atom. The molecule has 8 rings (SSSR count). The number of rotatable bonds is 3. The summed E-state index contributed by atoms with van der Waals surface area (Å²) in [7, 11) is 0. The number of allylic oxidation sites excluding steroid dienone is 4. The van der Waals surface area contributed by atoms with E-state index in [-0.39, 0.29) is 24.4 Å². The monoisotopic (exact) mass is 568 g/mol. The van der Waals surface area contributed by atoms with E-state index in [1.54, 1.807) is 5.57 Å². The summed E-state index contributed by atoms with van der Waals surface area (Å²) >= 11 is 0. The molecule has 0 spiro atoms. The van der Waals surface area contributed by atoms with Gasteiger partial charge in [-0.3, -0.25) is 4.79 Å². The van der Waals surface area contributed by atoms with Crippen molar-refractivity contribution in [2.45, 2.75) is 46.0 Å². The van der Waals surface area contributed by atoms with Crippen molar-refractivity contribution in [1.29, 1.82) is 0 Å². The average Bonchev–Trinajstić information content (AvgIpc) is 3.80. The van der Waals surface area contributed by atoms with E-state index in [4.69, 9.17) is 10.2 Å². The minimum Gasteiger partial charge on any atom is -0.394 e. The van der Waals surface area contributed by atoms with Crippen LogP contribution in [0.15, 0.2) is 109 Å². The lowest BCUT2D eigenvalue weighted by molar-refractivity contribution is 0.0900. The molecule has 0 radical (unpaired) electrons. The summed E-state index contributed by atoms with van der Waals surface area (Å²) in [5.41, 5.74) is 13.4. The number of carbonyl (C=O) groups is 1. The highest BCUT2D eigenvalue weighted by molar-refractivity contribution is 6.12. The summed E-state index contributed by atoms with van der Waals surface area (Å²) < 4.78 is 0. The molecule has 4 aromatic rings. The summed E-state index contributed by atoms with van der Waals surface area (Å²) in [6, 6.07) is 34.3. The van der Waals surface area contributed by atoms with Gasteiger partial charge in [-0.2, -0.15) is 0 Å². The number of Topliss-reactive ketones (excluding diaryl/α,β-unsaturated/α-hetero) is 1. The van der Waals surface area contributed by atoms with Crippen LogP contribution < -0.4 is 0 Å². The molecule has 0 saturated heterocycles. The van der Waals surface area contributed by atoms with Crippen LogP contribution in [-0.4, -0.2) is 29.2 Å². The van der Waals surface area contributed by atoms with Gasteiger partial charge >= 0.3 is 0 Å². The Hall–Kier alpha value is -4.05. The smallest absolute Gasteiger partial charge is 0.173 e. The zero-order valence-electron chi connectivity index (χ0n) is 25.1. The van der Waals surface area contributed by atoms with Gasteiger partial charge in [-0.15, -0.1) is 0 Å². The second-order valence-electron chi connectivity index (χ2n) is 12.6. The van der Waals surface area contributed by atoms with Crippen molar-refractivity contribution in [3.05, 3.63) is 154 Å². The minimum absolute atomic E-state index is 0.125. The number of ketones is 1. The first-order valence-electron chi connectivity index (χ1n) is 15.4. The van der Waals surface area contributed by atoms with E-state index in [0.717, 1.165) is 24.8 Å². The van der Waals surface area contributed by atoms with Crippen LogP contribution in [0.2, 0.25) is 0 Å². The van der Waals surface area contributed by atoms with Gasteiger partial charge in [0.15, 0.2) is 5.78 Å². The lowest BCUT2D eigenvalue weighted by Crippen LogP contribution is -2.25. The number of carbonyl (C=O) groups excluding carboxylic acids is 1. The molecule has 218 valence electrons. The Kier molecular flexibility index (Phi) is 8.05. The number of benzene rings is 4. The van der Waals surface area contributed by atoms with E-state index >= 15 is 0 Å². The van der Waals surface area contributed by atoms with E-state index in [1.165, 1.54) is 57.4 Å². The van der Waals surface area contributed by atoms with Gasteiger partial charge in [0, 0.05) is 11.0 Å². The molecule has 43 heavy (non-hydrogen) atoms. The molecule has 0 bridgehead atoms. The standard InChI is InChI=1S/C19H16O.C19H18.C2H6O2/c1-19(12-14-7-3-5-9-16(14)18(19)20)17-11-10-13-6-2-4-8-15(13)17;1-19(12-15-7-2-3-8-16(15)13-19)18-11-10-14-6-4-5-9-17(14)18;3-1-2-4/h2-9,11H,10,12H2,1H3;2-9,11H,10,12-13H2,1H3;3-4H,1-2H2. The molecule has 0 saturated carbocycles. The molecular formula is C40H40O3. The van der Waals surface area contributed by atoms with Gasteiger partial charge < -0.3 is 10.2 Å². The van der Waals surface area contributed by atoms with Crippen LogP contribution >= 0.6 is 0 Å². The van der Waals surface area contributed by atoms with Crippen molar-refractivity contribution in [3.63, 3.8) is 0 Å². The predicted molar refractivity (Wildman–Crippen MR) is 175 cm³/mol. The van der Waals surface area contributed by atoms with Crippen LogP contribution in [0.3, 0.4) is 0 Å². The van der Waals surface area contributed by atoms with Crippen LogP contribution in [0.4, 0.5) is 0 Å². The maximum Gasteiger partial charge on any atom is 0.173 e. The van der Waals surface area contributed by atoms with Gasteiger partial charge in [0.1, 0.15) is 0 Å². The second-order valence-corrected chi connectivity index (χ2v) is 12.6. The van der Waals surface area contributed by atoms with Crippen LogP contribution in [0.25, 0.3) is 11.1 Å². The molecule has 1 atom stereocenters. The number of aliphatic hydroxyl groups is 2. The van der Waals surface area contributed by atoms with E-state index in [2.05, 4.69) is 105 Å². The van der Waals surface area contributed by atoms with Crippen molar-refractivity contribution in [1.82, 2.24) is 0 Å². The molecule has 0 fully saturated rings. The Morgan fingerprint density at radius 1 is 0.535 bits per heavy atom. The maximum atomic E-state index is 12.9. The highest BCUT2D eigenvalue weighted by Gasteiger charge is 2.45. The third-order valence-electron chi connectivity index (χ3n) is 9.60. The molecule has 4 aliphatic carbocycles. The summed E-state index contributed by atoms with van der Waals surface area (Å²) in [5, 5.41) is 15.2. The topological polar surface area (TPSA) is 57.5 Å². The second kappa shape index (κ2) is 11.9. The molecule has 3 nitrogen and oxygen atoms in total. The minimum atomic E-state index is -0.393. The van der Waals surface area contributed by atoms with E-state index in [9.17, 15) is 4.79 Å². The van der Waals surface area contributed by atoms with Gasteiger partial charge in [0.2, 0.25) is 0 Å². The molecule has 4 aromatic carbocycles. The van der Waals surface area contributed by atoms with Gasteiger partial charge in [-0.05, 0) is 89.1 Å². The molecule has 0 aromatic heterocycles. The van der Waals surface area contributed by atoms with Crippen LogP contribution in [0.5, 0.6) is 0 Å². The first kappa shape index (κ1) is 29.0. The molecule has 3 heteroatoms. The Balaban J connectivity index is 0.000000137. The first-order valence-corrected chi connectivity index (χ1v) is 15.4. The maximum absolute atomic E-state index is 12.9. The van der Waals surface area contributed by atoms with E-state index in [0.29, 0.717) is 0 Å². The number of aliphatic hydroxyl groups excluding tert-OH is 2. The summed E-state index contributed by atoms with van der Waals surface area (Å²) in [5.74, 6) is 0.274. The highest BCUT2D eigenvalue weighted by Crippen LogP contribution is 2.50. The van der Waals surface area contributed by atoms with Gasteiger partial charge in [0.25, 0.3) is 0 Å². The third-order valence-corrected chi connectivity index (χ3v) is 9.60. The number of hydrogen-bond donors (Lipinski definition) is 2. The Labute approximate surface area is 255 Å².